The maximum atomic E-state index is 12.6. The summed E-state index contributed by atoms with van der Waals surface area (Å²) in [5, 5.41) is 7.14. The van der Waals surface area contributed by atoms with Crippen LogP contribution >= 0.6 is 0 Å². The zero-order valence-corrected chi connectivity index (χ0v) is 37.3. The van der Waals surface area contributed by atoms with Gasteiger partial charge in [0.1, 0.15) is 11.5 Å². The zero-order valence-electron chi connectivity index (χ0n) is 37.3. The minimum Gasteiger partial charge on any atom is -0.484 e. The lowest BCUT2D eigenvalue weighted by Gasteiger charge is -2.32. The van der Waals surface area contributed by atoms with Crippen LogP contribution in [0.3, 0.4) is 0 Å². The Bertz CT molecular complexity index is 2680. The third kappa shape index (κ3) is 13.0. The first kappa shape index (κ1) is 48.1. The van der Waals surface area contributed by atoms with Crippen molar-refractivity contribution in [2.75, 3.05) is 100 Å². The number of nitrogens with zero attached hydrogens (tertiary/aromatic N) is 8. The number of halogens is 6. The van der Waals surface area contributed by atoms with Gasteiger partial charge in [0.15, 0.2) is 13.2 Å². The Kier molecular flexibility index (Phi) is 14.9. The number of hydrogen-bond acceptors (Lipinski definition) is 12. The fraction of sp³-hybridized carbons (Fsp3) is 0.362. The molecule has 354 valence electrons. The molecule has 4 heterocycles. The number of carbonyl (C=O) groups excluding carboxylic acids is 2. The van der Waals surface area contributed by atoms with E-state index < -0.39 is 35.3 Å². The highest BCUT2D eigenvalue weighted by molar-refractivity contribution is 5.96. The second-order valence-electron chi connectivity index (χ2n) is 16.3. The van der Waals surface area contributed by atoms with Gasteiger partial charge < -0.3 is 39.7 Å². The van der Waals surface area contributed by atoms with Crippen LogP contribution < -0.4 is 29.9 Å². The molecule has 14 nitrogen and oxygen atoms in total. The van der Waals surface area contributed by atoms with Crippen LogP contribution in [0.2, 0.25) is 0 Å². The lowest BCUT2D eigenvalue weighted by Crippen LogP contribution is -2.45. The van der Waals surface area contributed by atoms with E-state index in [0.717, 1.165) is 116 Å². The van der Waals surface area contributed by atoms with Gasteiger partial charge in [-0.1, -0.05) is 0 Å². The number of fused-ring (bicyclic) bond motifs is 2. The predicted octanol–water partition coefficient (Wildman–Crippen LogP) is 7.84. The highest BCUT2D eigenvalue weighted by Gasteiger charge is 2.31. The number of piperazine rings is 1. The lowest BCUT2D eigenvalue weighted by molar-refractivity contribution is -0.138. The molecular weight excluding hydrogens is 883 g/mol. The normalized spacial score (nSPS) is 15.1. The van der Waals surface area contributed by atoms with Gasteiger partial charge in [-0.3, -0.25) is 9.59 Å². The van der Waals surface area contributed by atoms with Gasteiger partial charge in [-0.25, -0.2) is 19.9 Å². The minimum absolute atomic E-state index is 0.178. The number of rotatable bonds is 10. The molecule has 0 bridgehead atoms. The highest BCUT2D eigenvalue weighted by atomic mass is 19.4. The van der Waals surface area contributed by atoms with Crippen molar-refractivity contribution in [1.29, 1.82) is 0 Å². The Morgan fingerprint density at radius 2 is 0.925 bits per heavy atom. The molecule has 2 amide bonds. The third-order valence-electron chi connectivity index (χ3n) is 11.2. The standard InChI is InChI=1S/C24H26F3N5O2.C23H24F3N5O2/c1-16-20-14-18(29-22(33)15-34-19-7-4-17(5-8-19)24(25,26)27)6-9-21(20)30-23(28-16)32-11-3-10-31(2)12-13-32;1-15-19-13-17(5-8-20(19)29-22(27-15)31-11-9-30(2)10-12-31)28-21(32)14-33-18-6-3-16(4-7-18)23(24,25)26/h4-9,14H,3,10-13,15H2,1-2H3,(H,29,33);3-8,13H,9-12,14H2,1-2H3,(H,28,32). The van der Waals surface area contributed by atoms with Gasteiger partial charge in [0, 0.05) is 68.0 Å². The number of hydrogen-bond donors (Lipinski definition) is 2. The molecule has 67 heavy (non-hydrogen) atoms. The average Bonchev–Trinajstić information content (AvgIpc) is 3.52. The van der Waals surface area contributed by atoms with Crippen molar-refractivity contribution in [1.82, 2.24) is 29.7 Å². The minimum atomic E-state index is -4.42. The van der Waals surface area contributed by atoms with Crippen LogP contribution in [0.4, 0.5) is 49.6 Å². The van der Waals surface area contributed by atoms with Crippen molar-refractivity contribution >= 4 is 56.9 Å². The Morgan fingerprint density at radius 1 is 0.537 bits per heavy atom. The second-order valence-corrected chi connectivity index (χ2v) is 16.3. The van der Waals surface area contributed by atoms with E-state index in [1.165, 1.54) is 24.3 Å². The first-order chi connectivity index (χ1) is 31.9. The largest absolute Gasteiger partial charge is 0.484 e. The summed E-state index contributed by atoms with van der Waals surface area (Å²) in [6.07, 6.45) is -7.78. The topological polar surface area (TPSA) is 141 Å². The molecule has 0 atom stereocenters. The number of anilines is 4. The highest BCUT2D eigenvalue weighted by Crippen LogP contribution is 2.32. The summed E-state index contributed by atoms with van der Waals surface area (Å²) in [6, 6.07) is 19.2. The number of carbonyl (C=O) groups is 2. The Morgan fingerprint density at radius 3 is 1.33 bits per heavy atom. The van der Waals surface area contributed by atoms with Crippen molar-refractivity contribution in [3.05, 3.63) is 107 Å². The third-order valence-corrected chi connectivity index (χ3v) is 11.2. The number of aryl methyl sites for hydroxylation is 2. The first-order valence-electron chi connectivity index (χ1n) is 21.5. The van der Waals surface area contributed by atoms with E-state index in [1.807, 2.05) is 26.0 Å². The molecule has 2 aliphatic heterocycles. The molecule has 2 aliphatic rings. The van der Waals surface area contributed by atoms with Gasteiger partial charge >= 0.3 is 12.4 Å². The van der Waals surface area contributed by atoms with Crippen LogP contribution in [0.25, 0.3) is 21.8 Å². The molecule has 8 rings (SSSR count). The molecule has 4 aromatic carbocycles. The second kappa shape index (κ2) is 20.8. The van der Waals surface area contributed by atoms with E-state index in [1.54, 1.807) is 24.3 Å². The molecule has 0 radical (unpaired) electrons. The number of amides is 2. The average molecular weight is 933 g/mol. The SMILES string of the molecule is Cc1nc(N2CCCN(C)CC2)nc2ccc(NC(=O)COc3ccc(C(F)(F)F)cc3)cc12.Cc1nc(N2CCN(C)CC2)nc2ccc(NC(=O)COc3ccc(C(F)(F)F)cc3)cc12. The van der Waals surface area contributed by atoms with Gasteiger partial charge in [0.2, 0.25) is 11.9 Å². The molecule has 0 saturated carbocycles. The maximum Gasteiger partial charge on any atom is 0.416 e. The van der Waals surface area contributed by atoms with Gasteiger partial charge in [0.25, 0.3) is 11.8 Å². The van der Waals surface area contributed by atoms with Gasteiger partial charge in [-0.2, -0.15) is 26.3 Å². The maximum absolute atomic E-state index is 12.6. The van der Waals surface area contributed by atoms with Crippen molar-refractivity contribution in [3.8, 4) is 11.5 Å². The van der Waals surface area contributed by atoms with Gasteiger partial charge in [0.05, 0.1) is 33.5 Å². The molecule has 0 spiro atoms. The zero-order chi connectivity index (χ0) is 47.9. The molecule has 2 aromatic heterocycles. The molecular formula is C47H50F6N10O4. The smallest absolute Gasteiger partial charge is 0.416 e. The number of aromatic nitrogens is 4. The summed E-state index contributed by atoms with van der Waals surface area (Å²) in [7, 11) is 4.20. The fourth-order valence-electron chi connectivity index (χ4n) is 7.40. The fourth-order valence-corrected chi connectivity index (χ4v) is 7.40. The number of ether oxygens (including phenoxy) is 2. The van der Waals surface area contributed by atoms with Crippen molar-refractivity contribution in [2.24, 2.45) is 0 Å². The van der Waals surface area contributed by atoms with Crippen LogP contribution in [-0.2, 0) is 21.9 Å². The Labute approximate surface area is 382 Å². The van der Waals surface area contributed by atoms with E-state index in [-0.39, 0.29) is 24.7 Å². The summed E-state index contributed by atoms with van der Waals surface area (Å²) in [6.45, 7) is 10.6. The molecule has 0 unspecified atom stereocenters. The number of likely N-dealkylation sites (N-methyl/N-ethyl adjacent to an activating group) is 2. The predicted molar refractivity (Wildman–Crippen MR) is 244 cm³/mol. The van der Waals surface area contributed by atoms with E-state index in [9.17, 15) is 35.9 Å². The Hall–Kier alpha value is -6.80. The van der Waals surface area contributed by atoms with Crippen molar-refractivity contribution in [3.63, 3.8) is 0 Å². The quantitative estimate of drug-likeness (QED) is 0.129. The van der Waals surface area contributed by atoms with Gasteiger partial charge in [-0.15, -0.1) is 0 Å². The van der Waals surface area contributed by atoms with E-state index in [4.69, 9.17) is 19.4 Å². The van der Waals surface area contributed by atoms with Crippen molar-refractivity contribution in [2.45, 2.75) is 32.6 Å². The van der Waals surface area contributed by atoms with E-state index >= 15 is 0 Å². The summed E-state index contributed by atoms with van der Waals surface area (Å²) < 4.78 is 86.4. The summed E-state index contributed by atoms with van der Waals surface area (Å²) >= 11 is 0. The van der Waals surface area contributed by atoms with Gasteiger partial charge in [-0.05, 0) is 126 Å². The monoisotopic (exact) mass is 932 g/mol. The molecule has 2 saturated heterocycles. The summed E-state index contributed by atoms with van der Waals surface area (Å²) in [5.74, 6) is 0.914. The molecule has 6 aromatic rings. The lowest BCUT2D eigenvalue weighted by atomic mass is 10.1. The van der Waals surface area contributed by atoms with Crippen LogP contribution in [0, 0.1) is 13.8 Å². The van der Waals surface area contributed by atoms with Crippen LogP contribution in [0.15, 0.2) is 84.9 Å². The Balaban J connectivity index is 0.000000199. The molecule has 20 heteroatoms. The molecule has 2 fully saturated rings. The van der Waals surface area contributed by atoms with E-state index in [2.05, 4.69) is 54.3 Å². The molecule has 2 N–H and O–H groups in total. The number of alkyl halides is 6. The molecule has 0 aliphatic carbocycles. The van der Waals surface area contributed by atoms with E-state index in [0.29, 0.717) is 23.3 Å². The van der Waals surface area contributed by atoms with Crippen molar-refractivity contribution < 1.29 is 45.4 Å². The number of benzene rings is 4. The van der Waals surface area contributed by atoms with Crippen LogP contribution in [-0.4, -0.2) is 121 Å². The summed E-state index contributed by atoms with van der Waals surface area (Å²) in [5.41, 5.74) is 2.77. The van der Waals surface area contributed by atoms with Crippen LogP contribution in [0.5, 0.6) is 11.5 Å². The number of nitrogens with one attached hydrogen (secondary N) is 2. The summed E-state index contributed by atoms with van der Waals surface area (Å²) in [4.78, 5) is 52.2. The van der Waals surface area contributed by atoms with Crippen LogP contribution in [0.1, 0.15) is 28.9 Å². The first-order valence-corrected chi connectivity index (χ1v) is 21.5.